The van der Waals surface area contributed by atoms with E-state index in [1.807, 2.05) is 38.1 Å². The van der Waals surface area contributed by atoms with Crippen molar-refractivity contribution in [3.05, 3.63) is 59.7 Å². The molecule has 17 heavy (non-hydrogen) atoms. The third-order valence-electron chi connectivity index (χ3n) is 2.91. The van der Waals surface area contributed by atoms with Crippen LogP contribution in [-0.2, 0) is 0 Å². The van der Waals surface area contributed by atoms with Gasteiger partial charge < -0.3 is 0 Å². The van der Waals surface area contributed by atoms with E-state index in [1.54, 1.807) is 24.3 Å². The molecule has 0 heterocycles. The fourth-order valence-corrected chi connectivity index (χ4v) is 3.33. The van der Waals surface area contributed by atoms with Gasteiger partial charge in [-0.2, -0.15) is 0 Å². The molecule has 2 rings (SSSR count). The van der Waals surface area contributed by atoms with E-state index in [2.05, 4.69) is 0 Å². The molecule has 0 aliphatic heterocycles. The van der Waals surface area contributed by atoms with Crippen molar-refractivity contribution in [1.82, 2.24) is 0 Å². The zero-order valence-corrected chi connectivity index (χ0v) is 11.0. The molecule has 0 saturated carbocycles. The van der Waals surface area contributed by atoms with E-state index < -0.39 is 7.72 Å². The Labute approximate surface area is 102 Å². The molecule has 3 heteroatoms. The first kappa shape index (κ1) is 12.3. The Morgan fingerprint density at radius 3 is 1.24 bits per heavy atom. The summed E-state index contributed by atoms with van der Waals surface area (Å²) in [6.07, 6.45) is 0. The minimum absolute atomic E-state index is 0.618. The van der Waals surface area contributed by atoms with Crippen molar-refractivity contribution in [1.29, 1.82) is 0 Å². The fourth-order valence-electron chi connectivity index (χ4n) is 1.74. The van der Waals surface area contributed by atoms with Gasteiger partial charge in [0.1, 0.15) is 0 Å². The predicted octanol–water partition coefficient (Wildman–Crippen LogP) is 1.82. The normalized spacial score (nSPS) is 12.5. The number of benzene rings is 2. The number of aryl methyl sites for hydroxylation is 2. The number of rotatable bonds is 2. The molecule has 0 unspecified atom stereocenters. The summed E-state index contributed by atoms with van der Waals surface area (Å²) >= 11 is 0. The zero-order valence-electron chi connectivity index (χ0n) is 10.0. The van der Waals surface area contributed by atoms with E-state index in [4.69, 9.17) is 0 Å². The molecule has 0 atom stereocenters. The molecular weight excluding hydrogens is 231 g/mol. The van der Waals surface area contributed by atoms with E-state index in [0.29, 0.717) is 10.6 Å². The van der Waals surface area contributed by atoms with Gasteiger partial charge in [-0.25, -0.2) is 0 Å². The van der Waals surface area contributed by atoms with Gasteiger partial charge in [0.05, 0.1) is 0 Å². The first-order valence-corrected chi connectivity index (χ1v) is 7.48. The molecule has 2 nitrogen and oxygen atoms in total. The van der Waals surface area contributed by atoms with Gasteiger partial charge in [0.15, 0.2) is 0 Å². The fraction of sp³-hybridized carbons (Fsp3) is 0.143. The summed E-state index contributed by atoms with van der Waals surface area (Å²) in [6, 6.07) is 14.8. The van der Waals surface area contributed by atoms with Gasteiger partial charge >= 0.3 is 102 Å². The molecular formula is C14H17O2P. The molecule has 0 fully saturated rings. The van der Waals surface area contributed by atoms with Crippen LogP contribution in [0.2, 0.25) is 0 Å². The summed E-state index contributed by atoms with van der Waals surface area (Å²) in [7, 11) is -3.50. The molecule has 0 aromatic heterocycles. The second-order valence-corrected chi connectivity index (χ2v) is 6.90. The van der Waals surface area contributed by atoms with Crippen molar-refractivity contribution in [2.24, 2.45) is 0 Å². The Morgan fingerprint density at radius 1 is 0.647 bits per heavy atom. The van der Waals surface area contributed by atoms with Gasteiger partial charge in [-0.05, 0) is 0 Å². The van der Waals surface area contributed by atoms with Crippen LogP contribution in [-0.4, -0.2) is 9.79 Å². The summed E-state index contributed by atoms with van der Waals surface area (Å²) in [5, 5.41) is 1.24. The van der Waals surface area contributed by atoms with E-state index in [9.17, 15) is 9.79 Å². The second-order valence-electron chi connectivity index (χ2n) is 4.40. The minimum atomic E-state index is -3.50. The average molecular weight is 248 g/mol. The summed E-state index contributed by atoms with van der Waals surface area (Å²) in [5.41, 5.74) is 2.23. The van der Waals surface area contributed by atoms with E-state index >= 15 is 0 Å². The van der Waals surface area contributed by atoms with Crippen molar-refractivity contribution in [3.63, 3.8) is 0 Å². The Bertz CT molecular complexity index is 453. The molecule has 0 radical (unpaired) electrons. The van der Waals surface area contributed by atoms with Gasteiger partial charge in [-0.15, -0.1) is 0 Å². The van der Waals surface area contributed by atoms with Crippen LogP contribution in [0.4, 0.5) is 0 Å². The van der Waals surface area contributed by atoms with Crippen LogP contribution in [0, 0.1) is 13.8 Å². The molecule has 0 saturated heterocycles. The van der Waals surface area contributed by atoms with E-state index in [-0.39, 0.29) is 0 Å². The number of hydrogen-bond donors (Lipinski definition) is 2. The third-order valence-corrected chi connectivity index (χ3v) is 5.19. The molecule has 2 aromatic carbocycles. The van der Waals surface area contributed by atoms with Crippen LogP contribution in [0.15, 0.2) is 48.5 Å². The Balaban J connectivity index is 2.41. The van der Waals surface area contributed by atoms with Crippen molar-refractivity contribution in [2.75, 3.05) is 0 Å². The molecule has 0 aliphatic rings. The maximum atomic E-state index is 10.3. The SMILES string of the molecule is Cc1ccc([PH](O)(O)c2ccc(C)cc2)cc1. The van der Waals surface area contributed by atoms with Crippen molar-refractivity contribution >= 4 is 18.3 Å². The maximum absolute atomic E-state index is 10.3. The van der Waals surface area contributed by atoms with Crippen LogP contribution in [0.25, 0.3) is 0 Å². The molecule has 2 N–H and O–H groups in total. The number of hydrogen-bond acceptors (Lipinski definition) is 2. The van der Waals surface area contributed by atoms with Gasteiger partial charge in [0.25, 0.3) is 0 Å². The Hall–Kier alpha value is -1.21. The summed E-state index contributed by atoms with van der Waals surface area (Å²) in [6.45, 7) is 3.96. The Kier molecular flexibility index (Phi) is 3.30. The first-order valence-electron chi connectivity index (χ1n) is 5.59. The summed E-state index contributed by atoms with van der Waals surface area (Å²) < 4.78 is 0. The topological polar surface area (TPSA) is 40.5 Å². The summed E-state index contributed by atoms with van der Waals surface area (Å²) in [5.74, 6) is 0. The van der Waals surface area contributed by atoms with Crippen LogP contribution in [0.1, 0.15) is 11.1 Å². The van der Waals surface area contributed by atoms with Crippen LogP contribution < -0.4 is 10.6 Å². The standard InChI is InChI=1S/C14H17O2P/c1-11-3-7-13(8-4-11)17(15,16)14-9-5-12(2)6-10-14/h3-10,15-17H,1-2H3. The predicted molar refractivity (Wildman–Crippen MR) is 74.4 cm³/mol. The molecule has 0 aliphatic carbocycles. The second kappa shape index (κ2) is 4.58. The van der Waals surface area contributed by atoms with Crippen LogP contribution >= 0.6 is 7.72 Å². The Morgan fingerprint density at radius 2 is 0.941 bits per heavy atom. The molecule has 2 aromatic rings. The quantitative estimate of drug-likeness (QED) is 0.796. The van der Waals surface area contributed by atoms with E-state index in [1.165, 1.54) is 0 Å². The summed E-state index contributed by atoms with van der Waals surface area (Å²) in [4.78, 5) is 20.7. The van der Waals surface area contributed by atoms with Gasteiger partial charge in [0.2, 0.25) is 0 Å². The van der Waals surface area contributed by atoms with Crippen LogP contribution in [0.3, 0.4) is 0 Å². The zero-order chi connectivity index (χ0) is 12.5. The molecule has 0 bridgehead atoms. The molecule has 0 spiro atoms. The first-order chi connectivity index (χ1) is 8.00. The van der Waals surface area contributed by atoms with Gasteiger partial charge in [-0.3, -0.25) is 0 Å². The van der Waals surface area contributed by atoms with E-state index in [0.717, 1.165) is 11.1 Å². The molecule has 0 amide bonds. The van der Waals surface area contributed by atoms with Crippen molar-refractivity contribution in [2.45, 2.75) is 13.8 Å². The molecule has 90 valence electrons. The van der Waals surface area contributed by atoms with Crippen molar-refractivity contribution in [3.8, 4) is 0 Å². The third kappa shape index (κ3) is 2.55. The van der Waals surface area contributed by atoms with Gasteiger partial charge in [-0.1, -0.05) is 0 Å². The average Bonchev–Trinajstić information content (AvgIpc) is 2.30. The van der Waals surface area contributed by atoms with Gasteiger partial charge in [0, 0.05) is 0 Å². The van der Waals surface area contributed by atoms with Crippen molar-refractivity contribution < 1.29 is 9.79 Å². The monoisotopic (exact) mass is 248 g/mol. The van der Waals surface area contributed by atoms with Crippen LogP contribution in [0.5, 0.6) is 0 Å².